The Morgan fingerprint density at radius 1 is 1.57 bits per heavy atom. The number of hydrogen-bond acceptors (Lipinski definition) is 2. The highest BCUT2D eigenvalue weighted by molar-refractivity contribution is 6.32. The first-order valence-corrected chi connectivity index (χ1v) is 4.50. The summed E-state index contributed by atoms with van der Waals surface area (Å²) < 4.78 is 24.7. The predicted octanol–water partition coefficient (Wildman–Crippen LogP) is 3.22. The van der Waals surface area contributed by atoms with Crippen LogP contribution >= 0.6 is 23.2 Å². The molecule has 1 aromatic rings. The van der Waals surface area contributed by atoms with E-state index in [0.29, 0.717) is 0 Å². The van der Waals surface area contributed by atoms with Gasteiger partial charge in [0, 0.05) is 5.56 Å². The van der Waals surface area contributed by atoms with Crippen molar-refractivity contribution in [2.75, 3.05) is 0 Å². The number of pyridine rings is 1. The molecule has 1 aromatic heterocycles. The van der Waals surface area contributed by atoms with Gasteiger partial charge in [0.15, 0.2) is 6.29 Å². The molecule has 76 valence electrons. The summed E-state index contributed by atoms with van der Waals surface area (Å²) in [6.45, 7) is 0. The first kappa shape index (κ1) is 11.3. The maximum absolute atomic E-state index is 12.3. The van der Waals surface area contributed by atoms with E-state index in [1.54, 1.807) is 0 Å². The molecule has 6 heteroatoms. The number of aldehydes is 1. The zero-order chi connectivity index (χ0) is 10.7. The molecule has 0 aromatic carbocycles. The van der Waals surface area contributed by atoms with Gasteiger partial charge in [0.05, 0.1) is 16.6 Å². The van der Waals surface area contributed by atoms with Crippen molar-refractivity contribution in [3.63, 3.8) is 0 Å². The molecule has 14 heavy (non-hydrogen) atoms. The number of hydrogen-bond donors (Lipinski definition) is 0. The van der Waals surface area contributed by atoms with Crippen LogP contribution in [0.1, 0.15) is 28.2 Å². The Morgan fingerprint density at radius 3 is 2.64 bits per heavy atom. The van der Waals surface area contributed by atoms with Gasteiger partial charge in [-0.15, -0.1) is 11.6 Å². The molecular formula is C8H5Cl2F2NO. The SMILES string of the molecule is O=Cc1nc(CCl)c(Cl)cc1C(F)F. The van der Waals surface area contributed by atoms with Crippen LogP contribution in [0.3, 0.4) is 0 Å². The van der Waals surface area contributed by atoms with Crippen molar-refractivity contribution in [3.8, 4) is 0 Å². The van der Waals surface area contributed by atoms with Crippen LogP contribution in [0.5, 0.6) is 0 Å². The smallest absolute Gasteiger partial charge is 0.266 e. The van der Waals surface area contributed by atoms with Crippen LogP contribution in [-0.4, -0.2) is 11.3 Å². The molecular weight excluding hydrogens is 235 g/mol. The normalized spacial score (nSPS) is 10.6. The molecule has 0 spiro atoms. The Balaban J connectivity index is 3.31. The van der Waals surface area contributed by atoms with Crippen molar-refractivity contribution >= 4 is 29.5 Å². The Labute approximate surface area is 88.8 Å². The van der Waals surface area contributed by atoms with E-state index in [9.17, 15) is 13.6 Å². The number of rotatable bonds is 3. The van der Waals surface area contributed by atoms with Crippen molar-refractivity contribution in [2.45, 2.75) is 12.3 Å². The molecule has 0 saturated heterocycles. The number of carbonyl (C=O) groups excluding carboxylic acids is 1. The van der Waals surface area contributed by atoms with Gasteiger partial charge in [-0.3, -0.25) is 4.79 Å². The summed E-state index contributed by atoms with van der Waals surface area (Å²) in [5, 5.41) is 0.0425. The lowest BCUT2D eigenvalue weighted by Crippen LogP contribution is -2.01. The number of alkyl halides is 3. The van der Waals surface area contributed by atoms with Gasteiger partial charge in [0.25, 0.3) is 6.43 Å². The van der Waals surface area contributed by atoms with Gasteiger partial charge in [0.2, 0.25) is 0 Å². The highest BCUT2D eigenvalue weighted by Crippen LogP contribution is 2.26. The quantitative estimate of drug-likeness (QED) is 0.599. The lowest BCUT2D eigenvalue weighted by atomic mass is 10.2. The van der Waals surface area contributed by atoms with E-state index in [1.165, 1.54) is 0 Å². The number of aromatic nitrogens is 1. The minimum Gasteiger partial charge on any atom is -0.296 e. The van der Waals surface area contributed by atoms with Crippen LogP contribution in [0.4, 0.5) is 8.78 Å². The standard InChI is InChI=1S/C8H5Cl2F2NO/c9-2-6-5(10)1-4(8(11)12)7(3-14)13-6/h1,3,8H,2H2. The lowest BCUT2D eigenvalue weighted by molar-refractivity contribution is 0.110. The van der Waals surface area contributed by atoms with Gasteiger partial charge in [-0.1, -0.05) is 11.6 Å². The van der Waals surface area contributed by atoms with Gasteiger partial charge in [-0.05, 0) is 6.07 Å². The average Bonchev–Trinajstić information content (AvgIpc) is 2.17. The molecule has 0 radical (unpaired) electrons. The maximum atomic E-state index is 12.3. The summed E-state index contributed by atoms with van der Waals surface area (Å²) in [7, 11) is 0. The third kappa shape index (κ3) is 2.19. The van der Waals surface area contributed by atoms with E-state index < -0.39 is 12.0 Å². The first-order valence-electron chi connectivity index (χ1n) is 3.58. The van der Waals surface area contributed by atoms with Crippen molar-refractivity contribution < 1.29 is 13.6 Å². The zero-order valence-electron chi connectivity index (χ0n) is 6.81. The van der Waals surface area contributed by atoms with Gasteiger partial charge in [-0.25, -0.2) is 13.8 Å². The summed E-state index contributed by atoms with van der Waals surface area (Å²) in [5.41, 5.74) is -0.571. The van der Waals surface area contributed by atoms with Gasteiger partial charge < -0.3 is 0 Å². The highest BCUT2D eigenvalue weighted by Gasteiger charge is 2.16. The topological polar surface area (TPSA) is 30.0 Å². The number of carbonyl (C=O) groups is 1. The summed E-state index contributed by atoms with van der Waals surface area (Å²) in [5.74, 6) is -0.0246. The van der Waals surface area contributed by atoms with Gasteiger partial charge in [0.1, 0.15) is 5.69 Å². The minimum atomic E-state index is -2.77. The van der Waals surface area contributed by atoms with Gasteiger partial charge in [-0.2, -0.15) is 0 Å². The van der Waals surface area contributed by atoms with E-state index in [1.807, 2.05) is 0 Å². The molecule has 0 aliphatic carbocycles. The van der Waals surface area contributed by atoms with E-state index in [-0.39, 0.29) is 28.6 Å². The fraction of sp³-hybridized carbons (Fsp3) is 0.250. The predicted molar refractivity (Wildman–Crippen MR) is 49.1 cm³/mol. The fourth-order valence-electron chi connectivity index (χ4n) is 0.920. The van der Waals surface area contributed by atoms with Crippen LogP contribution in [0, 0.1) is 0 Å². The van der Waals surface area contributed by atoms with E-state index >= 15 is 0 Å². The monoisotopic (exact) mass is 239 g/mol. The largest absolute Gasteiger partial charge is 0.296 e. The molecule has 0 saturated carbocycles. The molecule has 2 nitrogen and oxygen atoms in total. The average molecular weight is 240 g/mol. The maximum Gasteiger partial charge on any atom is 0.266 e. The van der Waals surface area contributed by atoms with Crippen LogP contribution in [0.15, 0.2) is 6.07 Å². The van der Waals surface area contributed by atoms with Crippen LogP contribution in [-0.2, 0) is 5.88 Å². The van der Waals surface area contributed by atoms with Crippen LogP contribution in [0.2, 0.25) is 5.02 Å². The molecule has 0 atom stereocenters. The molecule has 0 aliphatic heterocycles. The fourth-order valence-corrected chi connectivity index (χ4v) is 1.42. The second kappa shape index (κ2) is 4.66. The van der Waals surface area contributed by atoms with Crippen molar-refractivity contribution in [1.29, 1.82) is 0 Å². The molecule has 0 N–H and O–H groups in total. The second-order valence-corrected chi connectivity index (χ2v) is 3.12. The Hall–Kier alpha value is -0.740. The minimum absolute atomic E-state index is 0.0246. The lowest BCUT2D eigenvalue weighted by Gasteiger charge is -2.06. The van der Waals surface area contributed by atoms with E-state index in [2.05, 4.69) is 4.98 Å². The van der Waals surface area contributed by atoms with Crippen molar-refractivity contribution in [3.05, 3.63) is 28.0 Å². The van der Waals surface area contributed by atoms with E-state index in [4.69, 9.17) is 23.2 Å². The Bertz CT molecular complexity index is 357. The Kier molecular flexibility index (Phi) is 3.77. The summed E-state index contributed by atoms with van der Waals surface area (Å²) >= 11 is 11.0. The summed E-state index contributed by atoms with van der Waals surface area (Å²) in [6.07, 6.45) is -2.52. The van der Waals surface area contributed by atoms with Crippen molar-refractivity contribution in [1.82, 2.24) is 4.98 Å². The summed E-state index contributed by atoms with van der Waals surface area (Å²) in [6, 6.07) is 1.01. The molecule has 0 unspecified atom stereocenters. The number of nitrogens with zero attached hydrogens (tertiary/aromatic N) is 1. The third-order valence-electron chi connectivity index (χ3n) is 1.58. The van der Waals surface area contributed by atoms with Crippen LogP contribution in [0.25, 0.3) is 0 Å². The molecule has 0 fully saturated rings. The zero-order valence-corrected chi connectivity index (χ0v) is 8.32. The van der Waals surface area contributed by atoms with Gasteiger partial charge >= 0.3 is 0 Å². The molecule has 0 aliphatic rings. The number of halogens is 4. The molecule has 0 bridgehead atoms. The third-order valence-corrected chi connectivity index (χ3v) is 2.16. The second-order valence-electron chi connectivity index (χ2n) is 2.44. The highest BCUT2D eigenvalue weighted by atomic mass is 35.5. The molecule has 1 heterocycles. The molecule has 0 amide bonds. The van der Waals surface area contributed by atoms with Crippen molar-refractivity contribution in [2.24, 2.45) is 0 Å². The van der Waals surface area contributed by atoms with E-state index in [0.717, 1.165) is 6.07 Å². The van der Waals surface area contributed by atoms with Crippen LogP contribution < -0.4 is 0 Å². The summed E-state index contributed by atoms with van der Waals surface area (Å²) in [4.78, 5) is 14.0. The molecule has 1 rings (SSSR count). The first-order chi connectivity index (χ1) is 6.60. The Morgan fingerprint density at radius 2 is 2.21 bits per heavy atom.